The van der Waals surface area contributed by atoms with Gasteiger partial charge in [-0.3, -0.25) is 14.4 Å². The molecular weight excluding hydrogens is 382 g/mol. The van der Waals surface area contributed by atoms with Gasteiger partial charge in [0.25, 0.3) is 5.91 Å². The molecule has 1 fully saturated rings. The number of fused-ring (bicyclic) bond motifs is 1. The Labute approximate surface area is 175 Å². The molecule has 1 aliphatic carbocycles. The van der Waals surface area contributed by atoms with Crippen molar-refractivity contribution < 1.29 is 18.8 Å². The van der Waals surface area contributed by atoms with Gasteiger partial charge in [-0.25, -0.2) is 0 Å². The third-order valence-electron chi connectivity index (χ3n) is 5.83. The van der Waals surface area contributed by atoms with E-state index in [1.165, 1.54) is 19.1 Å². The molecule has 1 saturated carbocycles. The monoisotopic (exact) mass is 409 g/mol. The first-order chi connectivity index (χ1) is 14.6. The van der Waals surface area contributed by atoms with Gasteiger partial charge in [0.15, 0.2) is 5.76 Å². The van der Waals surface area contributed by atoms with E-state index in [1.54, 1.807) is 23.1 Å². The van der Waals surface area contributed by atoms with E-state index in [2.05, 4.69) is 10.6 Å². The highest BCUT2D eigenvalue weighted by molar-refractivity contribution is 6.39. The Balaban J connectivity index is 1.41. The lowest BCUT2D eigenvalue weighted by Crippen LogP contribution is -2.41. The van der Waals surface area contributed by atoms with Gasteiger partial charge in [0.05, 0.1) is 6.26 Å². The molecule has 0 unspecified atom stereocenters. The van der Waals surface area contributed by atoms with Gasteiger partial charge >= 0.3 is 11.8 Å². The molecule has 7 heteroatoms. The summed E-state index contributed by atoms with van der Waals surface area (Å²) in [4.78, 5) is 39.1. The van der Waals surface area contributed by atoms with Gasteiger partial charge in [-0.15, -0.1) is 0 Å². The second-order valence-corrected chi connectivity index (χ2v) is 8.00. The van der Waals surface area contributed by atoms with E-state index in [-0.39, 0.29) is 11.9 Å². The molecule has 0 saturated heterocycles. The number of nitrogens with one attached hydrogen (secondary N) is 2. The lowest BCUT2D eigenvalue weighted by molar-refractivity contribution is -0.136. The molecule has 2 N–H and O–H groups in total. The van der Waals surface area contributed by atoms with Crippen molar-refractivity contribution >= 4 is 29.1 Å². The molecule has 158 valence electrons. The molecule has 2 aliphatic rings. The number of hydrogen-bond acceptors (Lipinski definition) is 4. The highest BCUT2D eigenvalue weighted by atomic mass is 16.3. The first-order valence-electron chi connectivity index (χ1n) is 10.7. The van der Waals surface area contributed by atoms with Crippen molar-refractivity contribution in [1.29, 1.82) is 0 Å². The predicted molar refractivity (Wildman–Crippen MR) is 113 cm³/mol. The molecule has 2 heterocycles. The van der Waals surface area contributed by atoms with E-state index >= 15 is 0 Å². The van der Waals surface area contributed by atoms with Crippen molar-refractivity contribution in [2.75, 3.05) is 16.8 Å². The highest BCUT2D eigenvalue weighted by Crippen LogP contribution is 2.31. The van der Waals surface area contributed by atoms with E-state index in [9.17, 15) is 14.4 Å². The first kappa shape index (κ1) is 20.2. The Bertz CT molecular complexity index is 915. The molecule has 1 aromatic carbocycles. The van der Waals surface area contributed by atoms with Gasteiger partial charge in [-0.2, -0.15) is 0 Å². The maximum Gasteiger partial charge on any atom is 0.313 e. The summed E-state index contributed by atoms with van der Waals surface area (Å²) in [6.45, 7) is 0.613. The van der Waals surface area contributed by atoms with Crippen molar-refractivity contribution in [1.82, 2.24) is 5.32 Å². The summed E-state index contributed by atoms with van der Waals surface area (Å²) in [6, 6.07) is 8.80. The van der Waals surface area contributed by atoms with E-state index in [0.29, 0.717) is 18.0 Å². The minimum absolute atomic E-state index is 0.0791. The number of carbonyl (C=O) groups is 3. The van der Waals surface area contributed by atoms with Crippen LogP contribution < -0.4 is 15.5 Å². The zero-order valence-electron chi connectivity index (χ0n) is 17.0. The van der Waals surface area contributed by atoms with E-state index in [4.69, 9.17) is 4.42 Å². The summed E-state index contributed by atoms with van der Waals surface area (Å²) >= 11 is 0. The smallest absolute Gasteiger partial charge is 0.313 e. The number of nitrogens with zero attached hydrogens (tertiary/aromatic N) is 1. The Hall–Kier alpha value is -3.09. The molecule has 4 rings (SSSR count). The summed E-state index contributed by atoms with van der Waals surface area (Å²) in [5.41, 5.74) is 2.33. The summed E-state index contributed by atoms with van der Waals surface area (Å²) in [6.07, 6.45) is 9.51. The zero-order chi connectivity index (χ0) is 20.9. The van der Waals surface area contributed by atoms with Crippen molar-refractivity contribution in [3.63, 3.8) is 0 Å². The van der Waals surface area contributed by atoms with Gasteiger partial charge in [0, 0.05) is 24.0 Å². The van der Waals surface area contributed by atoms with Gasteiger partial charge < -0.3 is 20.0 Å². The van der Waals surface area contributed by atoms with Crippen molar-refractivity contribution in [3.05, 3.63) is 47.9 Å². The number of anilines is 2. The Morgan fingerprint density at radius 3 is 2.50 bits per heavy atom. The van der Waals surface area contributed by atoms with Gasteiger partial charge in [0.1, 0.15) is 0 Å². The van der Waals surface area contributed by atoms with Crippen LogP contribution in [0.25, 0.3) is 0 Å². The van der Waals surface area contributed by atoms with Crippen LogP contribution in [0.1, 0.15) is 61.1 Å². The van der Waals surface area contributed by atoms with Crippen molar-refractivity contribution in [3.8, 4) is 0 Å². The second kappa shape index (κ2) is 9.15. The Kier molecular flexibility index (Phi) is 6.16. The van der Waals surface area contributed by atoms with Crippen molar-refractivity contribution in [2.24, 2.45) is 0 Å². The number of hydrogen-bond donors (Lipinski definition) is 2. The summed E-state index contributed by atoms with van der Waals surface area (Å²) in [7, 11) is 0. The standard InChI is InChI=1S/C23H27N3O4/c27-21(24-17-8-3-1-2-4-9-17)22(28)25-18-11-12-19-16(15-18)7-5-13-26(19)23(29)20-10-6-14-30-20/h6,10-12,14-15,17H,1-5,7-9,13H2,(H,24,27)(H,25,28). The van der Waals surface area contributed by atoms with E-state index in [1.807, 2.05) is 12.1 Å². The fourth-order valence-corrected chi connectivity index (χ4v) is 4.28. The van der Waals surface area contributed by atoms with Gasteiger partial charge in [0.2, 0.25) is 0 Å². The number of benzene rings is 1. The SMILES string of the molecule is O=C(Nc1ccc2c(c1)CCCN2C(=O)c1ccco1)C(=O)NC1CCCCCC1. The predicted octanol–water partition coefficient (Wildman–Crippen LogP) is 3.65. The lowest BCUT2D eigenvalue weighted by atomic mass is 10.0. The van der Waals surface area contributed by atoms with Gasteiger partial charge in [-0.1, -0.05) is 25.7 Å². The molecule has 1 aromatic heterocycles. The Morgan fingerprint density at radius 1 is 0.967 bits per heavy atom. The van der Waals surface area contributed by atoms with Crippen LogP contribution in [0.4, 0.5) is 11.4 Å². The van der Waals surface area contributed by atoms with Crippen LogP contribution in [0.15, 0.2) is 41.0 Å². The van der Waals surface area contributed by atoms with Crippen LogP contribution in [0.5, 0.6) is 0 Å². The molecular formula is C23H27N3O4. The average Bonchev–Trinajstić information content (AvgIpc) is 3.18. The van der Waals surface area contributed by atoms with Crippen molar-refractivity contribution in [2.45, 2.75) is 57.4 Å². The van der Waals surface area contributed by atoms with Gasteiger partial charge in [-0.05, 0) is 61.6 Å². The average molecular weight is 409 g/mol. The topological polar surface area (TPSA) is 91.7 Å². The van der Waals surface area contributed by atoms with Crippen LogP contribution in [0, 0.1) is 0 Å². The lowest BCUT2D eigenvalue weighted by Gasteiger charge is -2.29. The fraction of sp³-hybridized carbons (Fsp3) is 0.435. The maximum atomic E-state index is 12.7. The minimum Gasteiger partial charge on any atom is -0.459 e. The maximum absolute atomic E-state index is 12.7. The summed E-state index contributed by atoms with van der Waals surface area (Å²) in [5.74, 6) is -1.12. The van der Waals surface area contributed by atoms with Crippen LogP contribution in [-0.2, 0) is 16.0 Å². The van der Waals surface area contributed by atoms with Crippen LogP contribution in [0.2, 0.25) is 0 Å². The summed E-state index contributed by atoms with van der Waals surface area (Å²) < 4.78 is 5.24. The largest absolute Gasteiger partial charge is 0.459 e. The molecule has 30 heavy (non-hydrogen) atoms. The molecule has 0 spiro atoms. The highest BCUT2D eigenvalue weighted by Gasteiger charge is 2.26. The first-order valence-corrected chi connectivity index (χ1v) is 10.7. The summed E-state index contributed by atoms with van der Waals surface area (Å²) in [5, 5.41) is 5.56. The second-order valence-electron chi connectivity index (χ2n) is 8.00. The number of furan rings is 1. The van der Waals surface area contributed by atoms with Crippen LogP contribution in [0.3, 0.4) is 0 Å². The number of rotatable bonds is 3. The van der Waals surface area contributed by atoms with Crippen LogP contribution in [-0.4, -0.2) is 30.3 Å². The van der Waals surface area contributed by atoms with E-state index < -0.39 is 11.8 Å². The quantitative estimate of drug-likeness (QED) is 0.598. The number of carbonyl (C=O) groups excluding carboxylic acids is 3. The molecule has 0 atom stereocenters. The fourth-order valence-electron chi connectivity index (χ4n) is 4.28. The minimum atomic E-state index is -0.654. The third-order valence-corrected chi connectivity index (χ3v) is 5.83. The molecule has 2 aromatic rings. The molecule has 3 amide bonds. The van der Waals surface area contributed by atoms with E-state index in [0.717, 1.165) is 49.8 Å². The van der Waals surface area contributed by atoms with Crippen LogP contribution >= 0.6 is 0 Å². The number of amides is 3. The molecule has 0 bridgehead atoms. The number of aryl methyl sites for hydroxylation is 1. The molecule has 0 radical (unpaired) electrons. The molecule has 7 nitrogen and oxygen atoms in total. The zero-order valence-corrected chi connectivity index (χ0v) is 17.0. The normalized spacial score (nSPS) is 17.0. The molecule has 1 aliphatic heterocycles. The third kappa shape index (κ3) is 4.56. The Morgan fingerprint density at radius 2 is 1.77 bits per heavy atom.